The fourth-order valence-electron chi connectivity index (χ4n) is 9.30. The van der Waals surface area contributed by atoms with Crippen LogP contribution in [0.5, 0.6) is 0 Å². The van der Waals surface area contributed by atoms with Gasteiger partial charge in [0.15, 0.2) is 0 Å². The quantitative estimate of drug-likeness (QED) is 0.157. The summed E-state index contributed by atoms with van der Waals surface area (Å²) in [6, 6.07) is 81.4. The first-order valence-electron chi connectivity index (χ1n) is 20.6. The van der Waals surface area contributed by atoms with Crippen molar-refractivity contribution in [2.45, 2.75) is 0 Å². The Morgan fingerprint density at radius 3 is 1.62 bits per heavy atom. The third-order valence-electron chi connectivity index (χ3n) is 12.2. The molecule has 0 aliphatic carbocycles. The lowest BCUT2D eigenvalue weighted by molar-refractivity contribution is 0.669. The van der Waals surface area contributed by atoms with E-state index in [4.69, 9.17) is 4.42 Å². The van der Waals surface area contributed by atoms with E-state index in [1.54, 1.807) is 0 Å². The van der Waals surface area contributed by atoms with Crippen LogP contribution in [0.25, 0.3) is 98.4 Å². The third kappa shape index (κ3) is 5.65. The van der Waals surface area contributed by atoms with Gasteiger partial charge in [-0.05, 0) is 119 Å². The number of rotatable bonds is 6. The van der Waals surface area contributed by atoms with E-state index in [9.17, 15) is 0 Å². The Labute approximate surface area is 347 Å². The average molecular weight is 764 g/mol. The van der Waals surface area contributed by atoms with Crippen LogP contribution in [0.15, 0.2) is 229 Å². The van der Waals surface area contributed by atoms with Gasteiger partial charge in [0.1, 0.15) is 11.2 Å². The molecule has 2 nitrogen and oxygen atoms in total. The van der Waals surface area contributed by atoms with Crippen LogP contribution in [-0.4, -0.2) is 0 Å². The Hall–Kier alpha value is -7.94. The van der Waals surface area contributed by atoms with E-state index in [0.717, 1.165) is 61.3 Å². The highest BCUT2D eigenvalue weighted by Crippen LogP contribution is 2.47. The minimum Gasteiger partial charge on any atom is -0.456 e. The van der Waals surface area contributed by atoms with Crippen LogP contribution < -0.4 is 4.90 Å². The average Bonchev–Trinajstić information content (AvgIpc) is 3.71. The van der Waals surface area contributed by atoms with Gasteiger partial charge in [-0.25, -0.2) is 0 Å². The van der Waals surface area contributed by atoms with Crippen LogP contribution in [0.2, 0.25) is 0 Å². The Bertz CT molecular complexity index is 3610. The van der Waals surface area contributed by atoms with Crippen molar-refractivity contribution in [2.24, 2.45) is 0 Å². The standard InChI is InChI=1S/C58H37NO/c1-3-15-48-40(11-1)29-31-45-35-44(33-34-50(45)48)39-25-23-38(24-26-39)43-13-9-14-47(36-43)59(55-20-10-22-57-58(55)52-18-6-8-21-56(52)60-57)54-19-7-5-17-51(54)46-32-30-42-28-27-41-12-2-4-16-49(41)53(42)37-46/h1-37H. The maximum Gasteiger partial charge on any atom is 0.137 e. The van der Waals surface area contributed by atoms with Crippen molar-refractivity contribution < 1.29 is 4.42 Å². The van der Waals surface area contributed by atoms with Crippen LogP contribution in [0.3, 0.4) is 0 Å². The van der Waals surface area contributed by atoms with Crippen LogP contribution in [-0.2, 0) is 0 Å². The van der Waals surface area contributed by atoms with Crippen molar-refractivity contribution in [1.82, 2.24) is 0 Å². The molecule has 0 saturated heterocycles. The van der Waals surface area contributed by atoms with Gasteiger partial charge in [0.2, 0.25) is 0 Å². The number of para-hydroxylation sites is 2. The van der Waals surface area contributed by atoms with Crippen molar-refractivity contribution in [3.63, 3.8) is 0 Å². The highest BCUT2D eigenvalue weighted by atomic mass is 16.3. The van der Waals surface area contributed by atoms with Gasteiger partial charge in [-0.2, -0.15) is 0 Å². The maximum atomic E-state index is 6.48. The van der Waals surface area contributed by atoms with Gasteiger partial charge >= 0.3 is 0 Å². The Morgan fingerprint density at radius 2 is 0.817 bits per heavy atom. The first kappa shape index (κ1) is 34.1. The summed E-state index contributed by atoms with van der Waals surface area (Å²) in [5, 5.41) is 12.2. The number of hydrogen-bond acceptors (Lipinski definition) is 2. The zero-order valence-corrected chi connectivity index (χ0v) is 32.7. The normalized spacial score (nSPS) is 11.7. The van der Waals surface area contributed by atoms with E-state index < -0.39 is 0 Å². The lowest BCUT2D eigenvalue weighted by Gasteiger charge is -2.29. The molecule has 0 radical (unpaired) electrons. The van der Waals surface area contributed by atoms with Gasteiger partial charge in [-0.1, -0.05) is 176 Å². The SMILES string of the molecule is c1cc(-c2ccc(-c3ccc4c(ccc5ccccc54)c3)cc2)cc(N(c2ccccc2-c2ccc3ccc4ccccc4c3c2)c2cccc3oc4ccccc4c23)c1. The molecule has 280 valence electrons. The summed E-state index contributed by atoms with van der Waals surface area (Å²) < 4.78 is 6.48. The molecule has 0 N–H and O–H groups in total. The molecule has 0 amide bonds. The first-order chi connectivity index (χ1) is 29.7. The lowest BCUT2D eigenvalue weighted by Crippen LogP contribution is -2.11. The van der Waals surface area contributed by atoms with Crippen molar-refractivity contribution in [3.8, 4) is 33.4 Å². The van der Waals surface area contributed by atoms with Crippen molar-refractivity contribution in [1.29, 1.82) is 0 Å². The number of benzene rings is 11. The highest BCUT2D eigenvalue weighted by Gasteiger charge is 2.22. The predicted octanol–water partition coefficient (Wildman–Crippen LogP) is 16.7. The molecule has 2 heteroatoms. The topological polar surface area (TPSA) is 16.4 Å². The lowest BCUT2D eigenvalue weighted by atomic mass is 9.95. The van der Waals surface area contributed by atoms with Gasteiger partial charge in [-0.15, -0.1) is 0 Å². The minimum absolute atomic E-state index is 0.863. The Balaban J connectivity index is 0.999. The van der Waals surface area contributed by atoms with Crippen LogP contribution >= 0.6 is 0 Å². The summed E-state index contributed by atoms with van der Waals surface area (Å²) >= 11 is 0. The molecule has 1 heterocycles. The van der Waals surface area contributed by atoms with Crippen molar-refractivity contribution >= 4 is 82.1 Å². The van der Waals surface area contributed by atoms with Gasteiger partial charge in [0, 0.05) is 16.6 Å². The molecule has 12 aromatic rings. The monoisotopic (exact) mass is 763 g/mol. The molecule has 0 bridgehead atoms. The van der Waals surface area contributed by atoms with Crippen molar-refractivity contribution in [3.05, 3.63) is 224 Å². The van der Waals surface area contributed by atoms with E-state index in [1.165, 1.54) is 54.2 Å². The number of furan rings is 1. The summed E-state index contributed by atoms with van der Waals surface area (Å²) in [6.07, 6.45) is 0. The molecule has 0 fully saturated rings. The van der Waals surface area contributed by atoms with Gasteiger partial charge in [-0.3, -0.25) is 0 Å². The van der Waals surface area contributed by atoms with E-state index >= 15 is 0 Å². The second kappa shape index (κ2) is 13.9. The molecule has 1 aromatic heterocycles. The molecule has 0 aliphatic rings. The third-order valence-corrected chi connectivity index (χ3v) is 12.2. The second-order valence-electron chi connectivity index (χ2n) is 15.7. The van der Waals surface area contributed by atoms with Gasteiger partial charge in [0.05, 0.1) is 16.8 Å². The van der Waals surface area contributed by atoms with Gasteiger partial charge < -0.3 is 9.32 Å². The Morgan fingerprint density at radius 1 is 0.283 bits per heavy atom. The highest BCUT2D eigenvalue weighted by molar-refractivity contribution is 6.15. The van der Waals surface area contributed by atoms with E-state index in [1.807, 2.05) is 6.07 Å². The summed E-state index contributed by atoms with van der Waals surface area (Å²) in [5.41, 5.74) is 12.0. The molecular weight excluding hydrogens is 727 g/mol. The van der Waals surface area contributed by atoms with Crippen LogP contribution in [0, 0.1) is 0 Å². The molecule has 11 aromatic carbocycles. The summed E-state index contributed by atoms with van der Waals surface area (Å²) in [6.45, 7) is 0. The van der Waals surface area contributed by atoms with E-state index in [2.05, 4.69) is 223 Å². The fourth-order valence-corrected chi connectivity index (χ4v) is 9.30. The summed E-state index contributed by atoms with van der Waals surface area (Å²) in [7, 11) is 0. The zero-order chi connectivity index (χ0) is 39.6. The fraction of sp³-hybridized carbons (Fsp3) is 0. The Kier molecular flexibility index (Phi) is 7.89. The van der Waals surface area contributed by atoms with Crippen LogP contribution in [0.4, 0.5) is 17.1 Å². The molecule has 0 spiro atoms. The number of nitrogens with zero attached hydrogens (tertiary/aromatic N) is 1. The van der Waals surface area contributed by atoms with Crippen LogP contribution in [0.1, 0.15) is 0 Å². The molecule has 60 heavy (non-hydrogen) atoms. The van der Waals surface area contributed by atoms with Gasteiger partial charge in [0.25, 0.3) is 0 Å². The number of anilines is 3. The maximum absolute atomic E-state index is 6.48. The molecular formula is C58H37NO. The predicted molar refractivity (Wildman–Crippen MR) is 255 cm³/mol. The molecule has 0 aliphatic heterocycles. The minimum atomic E-state index is 0.863. The molecule has 0 saturated carbocycles. The zero-order valence-electron chi connectivity index (χ0n) is 32.7. The van der Waals surface area contributed by atoms with Crippen molar-refractivity contribution in [2.75, 3.05) is 4.90 Å². The van der Waals surface area contributed by atoms with E-state index in [-0.39, 0.29) is 0 Å². The summed E-state index contributed by atoms with van der Waals surface area (Å²) in [5.74, 6) is 0. The smallest absolute Gasteiger partial charge is 0.137 e. The first-order valence-corrected chi connectivity index (χ1v) is 20.6. The number of hydrogen-bond donors (Lipinski definition) is 0. The number of fused-ring (bicyclic) bond motifs is 9. The largest absolute Gasteiger partial charge is 0.456 e. The van der Waals surface area contributed by atoms with E-state index in [0.29, 0.717) is 0 Å². The summed E-state index contributed by atoms with van der Waals surface area (Å²) in [4.78, 5) is 2.42. The second-order valence-corrected chi connectivity index (χ2v) is 15.7. The molecule has 0 atom stereocenters. The molecule has 12 rings (SSSR count). The molecule has 0 unspecified atom stereocenters.